The van der Waals surface area contributed by atoms with Crippen molar-refractivity contribution in [1.29, 1.82) is 0 Å². The number of halogens is 1. The largest absolute Gasteiger partial charge is 0.332 e. The minimum Gasteiger partial charge on any atom is -0.326 e. The SMILES string of the molecule is O=C(C[C@H]1C(=O)N(c2ccc(F)cc2)C(=O)N1Cc1cccs1)Nc1ccccc1. The zero-order chi connectivity index (χ0) is 21.1. The van der Waals surface area contributed by atoms with E-state index in [1.54, 1.807) is 24.3 Å². The number of imide groups is 1. The van der Waals surface area contributed by atoms with Crippen LogP contribution in [0.15, 0.2) is 72.1 Å². The Morgan fingerprint density at radius 1 is 1.00 bits per heavy atom. The molecule has 0 saturated carbocycles. The van der Waals surface area contributed by atoms with Crippen LogP contribution >= 0.6 is 11.3 Å². The van der Waals surface area contributed by atoms with Gasteiger partial charge in [-0.25, -0.2) is 14.1 Å². The van der Waals surface area contributed by atoms with Crippen molar-refractivity contribution in [2.45, 2.75) is 19.0 Å². The van der Waals surface area contributed by atoms with E-state index in [0.29, 0.717) is 5.69 Å². The summed E-state index contributed by atoms with van der Waals surface area (Å²) in [5, 5.41) is 4.63. The van der Waals surface area contributed by atoms with E-state index in [4.69, 9.17) is 0 Å². The molecule has 2 heterocycles. The maximum Gasteiger partial charge on any atom is 0.332 e. The average molecular weight is 423 g/mol. The second-order valence-electron chi connectivity index (χ2n) is 6.77. The molecule has 8 heteroatoms. The van der Waals surface area contributed by atoms with Crippen LogP contribution in [0.2, 0.25) is 0 Å². The van der Waals surface area contributed by atoms with Crippen molar-refractivity contribution in [3.63, 3.8) is 0 Å². The Morgan fingerprint density at radius 2 is 1.73 bits per heavy atom. The van der Waals surface area contributed by atoms with Crippen LogP contribution in [0, 0.1) is 5.82 Å². The fourth-order valence-corrected chi connectivity index (χ4v) is 4.02. The first-order valence-corrected chi connectivity index (χ1v) is 10.2. The van der Waals surface area contributed by atoms with Crippen LogP contribution in [0.25, 0.3) is 0 Å². The summed E-state index contributed by atoms with van der Waals surface area (Å²) >= 11 is 1.46. The van der Waals surface area contributed by atoms with Gasteiger partial charge in [-0.15, -0.1) is 11.3 Å². The van der Waals surface area contributed by atoms with Gasteiger partial charge in [0.2, 0.25) is 5.91 Å². The summed E-state index contributed by atoms with van der Waals surface area (Å²) in [7, 11) is 0. The Morgan fingerprint density at radius 3 is 2.40 bits per heavy atom. The standard InChI is InChI=1S/C22H18FN3O3S/c23-15-8-10-17(11-9-15)26-21(28)19(13-20(27)24-16-5-2-1-3-6-16)25(22(26)29)14-18-7-4-12-30-18/h1-12,19H,13-14H2,(H,24,27)/t19-/m0/s1. The summed E-state index contributed by atoms with van der Waals surface area (Å²) in [5.74, 6) is -1.34. The number of thiophene rings is 1. The van der Waals surface area contributed by atoms with Gasteiger partial charge in [0.1, 0.15) is 11.9 Å². The molecule has 1 atom stereocenters. The van der Waals surface area contributed by atoms with Crippen molar-refractivity contribution in [2.24, 2.45) is 0 Å². The molecule has 1 aliphatic heterocycles. The molecule has 1 N–H and O–H groups in total. The summed E-state index contributed by atoms with van der Waals surface area (Å²) in [6.45, 7) is 0.212. The van der Waals surface area contributed by atoms with Crippen LogP contribution in [-0.2, 0) is 16.1 Å². The minimum absolute atomic E-state index is 0.178. The highest BCUT2D eigenvalue weighted by Gasteiger charge is 2.46. The number of carbonyl (C=O) groups excluding carboxylic acids is 3. The molecule has 1 saturated heterocycles. The van der Waals surface area contributed by atoms with Crippen LogP contribution in [0.5, 0.6) is 0 Å². The molecule has 4 rings (SSSR count). The number of amides is 4. The molecule has 1 fully saturated rings. The highest BCUT2D eigenvalue weighted by atomic mass is 32.1. The molecule has 0 aliphatic carbocycles. The molecule has 0 bridgehead atoms. The number of para-hydroxylation sites is 1. The molecular weight excluding hydrogens is 405 g/mol. The van der Waals surface area contributed by atoms with Crippen LogP contribution in [0.3, 0.4) is 0 Å². The van der Waals surface area contributed by atoms with Crippen molar-refractivity contribution in [2.75, 3.05) is 10.2 Å². The van der Waals surface area contributed by atoms with Gasteiger partial charge in [0, 0.05) is 10.6 Å². The Balaban J connectivity index is 1.59. The molecular formula is C22H18FN3O3S. The lowest BCUT2D eigenvalue weighted by molar-refractivity contribution is -0.124. The number of hydrogen-bond acceptors (Lipinski definition) is 4. The van der Waals surface area contributed by atoms with Crippen LogP contribution in [0.4, 0.5) is 20.6 Å². The number of nitrogens with zero attached hydrogens (tertiary/aromatic N) is 2. The number of hydrogen-bond donors (Lipinski definition) is 1. The average Bonchev–Trinajstić information content (AvgIpc) is 3.33. The van der Waals surface area contributed by atoms with E-state index < -0.39 is 23.8 Å². The molecule has 1 aliphatic rings. The molecule has 6 nitrogen and oxygen atoms in total. The molecule has 0 spiro atoms. The molecule has 2 aromatic carbocycles. The van der Waals surface area contributed by atoms with E-state index in [-0.39, 0.29) is 24.6 Å². The molecule has 0 unspecified atom stereocenters. The molecule has 0 radical (unpaired) electrons. The van der Waals surface area contributed by atoms with Gasteiger partial charge in [-0.2, -0.15) is 0 Å². The Hall–Kier alpha value is -3.52. The fraction of sp³-hybridized carbons (Fsp3) is 0.136. The molecule has 1 aromatic heterocycles. The summed E-state index contributed by atoms with van der Waals surface area (Å²) in [4.78, 5) is 42.1. The van der Waals surface area contributed by atoms with Gasteiger partial charge in [-0.05, 0) is 47.8 Å². The second kappa shape index (κ2) is 8.46. The summed E-state index contributed by atoms with van der Waals surface area (Å²) in [6.07, 6.45) is -0.178. The predicted molar refractivity (Wildman–Crippen MR) is 113 cm³/mol. The molecule has 3 aromatic rings. The first-order chi connectivity index (χ1) is 14.5. The van der Waals surface area contributed by atoms with Crippen LogP contribution < -0.4 is 10.2 Å². The Kier molecular flexibility index (Phi) is 5.58. The molecule has 152 valence electrons. The first-order valence-electron chi connectivity index (χ1n) is 9.30. The summed E-state index contributed by atoms with van der Waals surface area (Å²) in [6, 6.07) is 16.3. The van der Waals surface area contributed by atoms with Gasteiger partial charge in [0.05, 0.1) is 18.7 Å². The number of anilines is 2. The monoisotopic (exact) mass is 423 g/mol. The highest BCUT2D eigenvalue weighted by Crippen LogP contribution is 2.29. The topological polar surface area (TPSA) is 69.7 Å². The van der Waals surface area contributed by atoms with E-state index in [1.807, 2.05) is 23.6 Å². The second-order valence-corrected chi connectivity index (χ2v) is 7.81. The Labute approximate surface area is 176 Å². The normalized spacial score (nSPS) is 16.2. The number of rotatable bonds is 6. The van der Waals surface area contributed by atoms with Crippen molar-refractivity contribution in [3.8, 4) is 0 Å². The van der Waals surface area contributed by atoms with Gasteiger partial charge < -0.3 is 10.2 Å². The minimum atomic E-state index is -0.951. The fourth-order valence-electron chi connectivity index (χ4n) is 3.32. The van der Waals surface area contributed by atoms with E-state index in [9.17, 15) is 18.8 Å². The smallest absolute Gasteiger partial charge is 0.326 e. The van der Waals surface area contributed by atoms with E-state index in [0.717, 1.165) is 9.78 Å². The quantitative estimate of drug-likeness (QED) is 0.603. The summed E-state index contributed by atoms with van der Waals surface area (Å²) in [5.41, 5.74) is 0.882. The van der Waals surface area contributed by atoms with Crippen LogP contribution in [0.1, 0.15) is 11.3 Å². The highest BCUT2D eigenvalue weighted by molar-refractivity contribution is 7.09. The molecule has 4 amide bonds. The van der Waals surface area contributed by atoms with Gasteiger partial charge in [0.25, 0.3) is 5.91 Å². The third-order valence-electron chi connectivity index (χ3n) is 4.75. The lowest BCUT2D eigenvalue weighted by Gasteiger charge is -2.20. The number of carbonyl (C=O) groups is 3. The maximum absolute atomic E-state index is 13.3. The third-order valence-corrected chi connectivity index (χ3v) is 5.61. The first kappa shape index (κ1) is 19.8. The summed E-state index contributed by atoms with van der Waals surface area (Å²) < 4.78 is 13.3. The van der Waals surface area contributed by atoms with Crippen molar-refractivity contribution < 1.29 is 18.8 Å². The lowest BCUT2D eigenvalue weighted by atomic mass is 10.1. The molecule has 30 heavy (non-hydrogen) atoms. The number of urea groups is 1. The lowest BCUT2D eigenvalue weighted by Crippen LogP contribution is -2.37. The third kappa shape index (κ3) is 4.08. The van der Waals surface area contributed by atoms with Crippen molar-refractivity contribution in [3.05, 3.63) is 82.8 Å². The Bertz CT molecular complexity index is 1060. The van der Waals surface area contributed by atoms with Crippen molar-refractivity contribution in [1.82, 2.24) is 4.90 Å². The maximum atomic E-state index is 13.3. The van der Waals surface area contributed by atoms with E-state index in [2.05, 4.69) is 5.32 Å². The van der Waals surface area contributed by atoms with E-state index in [1.165, 1.54) is 40.5 Å². The predicted octanol–water partition coefficient (Wildman–Crippen LogP) is 4.25. The van der Waals surface area contributed by atoms with Gasteiger partial charge in [-0.3, -0.25) is 9.59 Å². The van der Waals surface area contributed by atoms with Gasteiger partial charge >= 0.3 is 6.03 Å². The number of benzene rings is 2. The van der Waals surface area contributed by atoms with Crippen LogP contribution in [-0.4, -0.2) is 28.8 Å². The van der Waals surface area contributed by atoms with E-state index >= 15 is 0 Å². The van der Waals surface area contributed by atoms with Gasteiger partial charge in [0.15, 0.2) is 0 Å². The number of nitrogens with one attached hydrogen (secondary N) is 1. The zero-order valence-corrected chi connectivity index (χ0v) is 16.6. The van der Waals surface area contributed by atoms with Gasteiger partial charge in [-0.1, -0.05) is 24.3 Å². The van der Waals surface area contributed by atoms with Crippen molar-refractivity contribution >= 4 is 40.6 Å². The zero-order valence-electron chi connectivity index (χ0n) is 15.8.